The number of nitrogens with zero attached hydrogens (tertiary/aromatic N) is 2. The van der Waals surface area contributed by atoms with Crippen LogP contribution in [0.5, 0.6) is 0 Å². The van der Waals surface area contributed by atoms with E-state index in [0.717, 1.165) is 26.6 Å². The van der Waals surface area contributed by atoms with Crippen molar-refractivity contribution < 1.29 is 33.7 Å². The summed E-state index contributed by atoms with van der Waals surface area (Å²) < 4.78 is 15.9. The largest absolute Gasteiger partial charge is 0.445 e. The van der Waals surface area contributed by atoms with Gasteiger partial charge in [-0.1, -0.05) is 80.6 Å². The van der Waals surface area contributed by atoms with Gasteiger partial charge in [0.2, 0.25) is 5.91 Å². The van der Waals surface area contributed by atoms with E-state index in [1.54, 1.807) is 37.8 Å². The Kier molecular flexibility index (Phi) is 15.2. The van der Waals surface area contributed by atoms with Gasteiger partial charge in [0.1, 0.15) is 24.3 Å². The first kappa shape index (κ1) is 38.0. The lowest BCUT2D eigenvalue weighted by molar-refractivity contribution is -0.125. The van der Waals surface area contributed by atoms with Crippen molar-refractivity contribution in [2.45, 2.75) is 77.2 Å². The Balaban J connectivity index is 1.44. The van der Waals surface area contributed by atoms with Crippen molar-refractivity contribution in [1.29, 1.82) is 0 Å². The zero-order valence-electron chi connectivity index (χ0n) is 28.5. The van der Waals surface area contributed by atoms with Gasteiger partial charge in [-0.15, -0.1) is 11.3 Å². The summed E-state index contributed by atoms with van der Waals surface area (Å²) in [4.78, 5) is 48.5. The fourth-order valence-corrected chi connectivity index (χ4v) is 6.07. The van der Waals surface area contributed by atoms with Crippen LogP contribution < -0.4 is 16.0 Å². The third kappa shape index (κ3) is 12.9. The predicted molar refractivity (Wildman–Crippen MR) is 189 cm³/mol. The highest BCUT2D eigenvalue weighted by Crippen LogP contribution is 2.17. The van der Waals surface area contributed by atoms with Crippen LogP contribution in [-0.2, 0) is 51.7 Å². The van der Waals surface area contributed by atoms with Crippen LogP contribution in [0.3, 0.4) is 0 Å². The molecule has 3 amide bonds. The number of methoxy groups -OCH3 is 1. The average molecular weight is 704 g/mol. The highest BCUT2D eigenvalue weighted by atomic mass is 32.1. The minimum atomic E-state index is -1.08. The number of pyridine rings is 1. The quantitative estimate of drug-likeness (QED) is 0.112. The SMILES string of the molecule is COCc1ncc(COC(=O)NC(C(=O)N[C@@H](Cc2ccccc2)[C@@H](O)C[C@H](Cc2ccccc2)NC(=O)OCc2cccnc2)C(C)C)s1. The highest BCUT2D eigenvalue weighted by molar-refractivity contribution is 7.11. The zero-order valence-corrected chi connectivity index (χ0v) is 29.3. The van der Waals surface area contributed by atoms with E-state index in [-0.39, 0.29) is 25.6 Å². The summed E-state index contributed by atoms with van der Waals surface area (Å²) in [7, 11) is 1.58. The maximum absolute atomic E-state index is 13.7. The molecular weight excluding hydrogens is 659 g/mol. The minimum absolute atomic E-state index is 0.00449. The third-order valence-electron chi connectivity index (χ3n) is 7.79. The molecule has 0 spiro atoms. The molecule has 0 aliphatic rings. The van der Waals surface area contributed by atoms with Crippen molar-refractivity contribution in [2.75, 3.05) is 7.11 Å². The van der Waals surface area contributed by atoms with Gasteiger partial charge in [0.15, 0.2) is 0 Å². The molecule has 12 nitrogen and oxygen atoms in total. The minimum Gasteiger partial charge on any atom is -0.445 e. The molecule has 4 rings (SSSR count). The number of aliphatic hydroxyl groups is 1. The number of rotatable bonds is 18. The number of aromatic nitrogens is 2. The molecule has 0 bridgehead atoms. The Labute approximate surface area is 296 Å². The van der Waals surface area contributed by atoms with Crippen LogP contribution >= 0.6 is 11.3 Å². The molecule has 2 aromatic heterocycles. The van der Waals surface area contributed by atoms with Crippen LogP contribution in [0.4, 0.5) is 9.59 Å². The average Bonchev–Trinajstić information content (AvgIpc) is 3.57. The lowest BCUT2D eigenvalue weighted by Gasteiger charge is -2.30. The highest BCUT2D eigenvalue weighted by Gasteiger charge is 2.31. The van der Waals surface area contributed by atoms with Crippen LogP contribution in [0.25, 0.3) is 0 Å². The first-order valence-electron chi connectivity index (χ1n) is 16.4. The second-order valence-corrected chi connectivity index (χ2v) is 13.4. The Bertz CT molecular complexity index is 1610. The number of amides is 3. The van der Waals surface area contributed by atoms with Crippen LogP contribution in [-0.4, -0.2) is 64.5 Å². The molecule has 266 valence electrons. The molecule has 4 N–H and O–H groups in total. The van der Waals surface area contributed by atoms with Gasteiger partial charge in [-0.2, -0.15) is 0 Å². The molecule has 50 heavy (non-hydrogen) atoms. The number of benzene rings is 2. The van der Waals surface area contributed by atoms with E-state index in [9.17, 15) is 19.5 Å². The van der Waals surface area contributed by atoms with E-state index < -0.39 is 42.3 Å². The number of ether oxygens (including phenoxy) is 3. The molecule has 4 atom stereocenters. The number of hydrogen-bond donors (Lipinski definition) is 4. The number of carbonyl (C=O) groups is 3. The molecule has 0 radical (unpaired) electrons. The first-order valence-corrected chi connectivity index (χ1v) is 17.3. The molecule has 2 aromatic carbocycles. The van der Waals surface area contributed by atoms with Gasteiger partial charge in [-0.3, -0.25) is 9.78 Å². The maximum atomic E-state index is 13.7. The zero-order chi connectivity index (χ0) is 35.7. The number of alkyl carbamates (subject to hydrolysis) is 2. The summed E-state index contributed by atoms with van der Waals surface area (Å²) in [6.07, 6.45) is 3.24. The van der Waals surface area contributed by atoms with Gasteiger partial charge in [-0.25, -0.2) is 14.6 Å². The molecule has 0 saturated heterocycles. The van der Waals surface area contributed by atoms with Crippen molar-refractivity contribution in [3.63, 3.8) is 0 Å². The van der Waals surface area contributed by atoms with Crippen molar-refractivity contribution in [3.8, 4) is 0 Å². The monoisotopic (exact) mass is 703 g/mol. The fourth-order valence-electron chi connectivity index (χ4n) is 5.26. The summed E-state index contributed by atoms with van der Waals surface area (Å²) in [5.74, 6) is -0.767. The van der Waals surface area contributed by atoms with Crippen molar-refractivity contribution in [2.24, 2.45) is 5.92 Å². The number of hydrogen-bond acceptors (Lipinski definition) is 10. The van der Waals surface area contributed by atoms with Crippen LogP contribution in [0.2, 0.25) is 0 Å². The molecule has 2 heterocycles. The topological polar surface area (TPSA) is 161 Å². The lowest BCUT2D eigenvalue weighted by atomic mass is 9.93. The standard InChI is InChI=1S/C37H45N5O7S/c1-25(2)34(42-37(46)49-23-30-21-39-33(50-30)24-47-3)35(44)41-31(18-27-13-8-5-9-14-27)32(43)19-29(17-26-11-6-4-7-12-26)40-36(45)48-22-28-15-10-16-38-20-28/h4-16,20-21,25,29,31-32,34,43H,17-19,22-24H2,1-3H3,(H,40,45)(H,41,44)(H,42,46)/t29-,31-,32-,34?/m0/s1. The summed E-state index contributed by atoms with van der Waals surface area (Å²) >= 11 is 1.37. The molecule has 13 heteroatoms. The molecule has 4 aromatic rings. The Hall–Kier alpha value is -4.85. The van der Waals surface area contributed by atoms with E-state index in [1.807, 2.05) is 74.5 Å². The van der Waals surface area contributed by atoms with E-state index in [2.05, 4.69) is 25.9 Å². The van der Waals surface area contributed by atoms with Crippen LogP contribution in [0.15, 0.2) is 91.4 Å². The predicted octanol–water partition coefficient (Wildman–Crippen LogP) is 4.95. The maximum Gasteiger partial charge on any atom is 0.408 e. The van der Waals surface area contributed by atoms with Crippen LogP contribution in [0.1, 0.15) is 46.8 Å². The van der Waals surface area contributed by atoms with Gasteiger partial charge in [-0.05, 0) is 42.4 Å². The van der Waals surface area contributed by atoms with Gasteiger partial charge in [0, 0.05) is 37.3 Å². The molecule has 0 saturated carbocycles. The molecule has 1 unspecified atom stereocenters. The van der Waals surface area contributed by atoms with Crippen molar-refractivity contribution in [1.82, 2.24) is 25.9 Å². The number of carbonyl (C=O) groups excluding carboxylic acids is 3. The van der Waals surface area contributed by atoms with E-state index in [1.165, 1.54) is 11.3 Å². The van der Waals surface area contributed by atoms with Crippen molar-refractivity contribution >= 4 is 29.4 Å². The number of thiazole rings is 1. The Morgan fingerprint density at radius 3 is 2.06 bits per heavy atom. The van der Waals surface area contributed by atoms with Crippen molar-refractivity contribution in [3.05, 3.63) is 118 Å². The summed E-state index contributed by atoms with van der Waals surface area (Å²) in [5.41, 5.74) is 2.59. The van der Waals surface area contributed by atoms with Crippen LogP contribution in [0, 0.1) is 5.92 Å². The third-order valence-corrected chi connectivity index (χ3v) is 8.74. The molecule has 0 aliphatic heterocycles. The van der Waals surface area contributed by atoms with E-state index >= 15 is 0 Å². The molecule has 0 fully saturated rings. The summed E-state index contributed by atoms with van der Waals surface area (Å²) in [6.45, 7) is 4.02. The number of aliphatic hydroxyl groups excluding tert-OH is 1. The van der Waals surface area contributed by atoms with Gasteiger partial charge < -0.3 is 35.3 Å². The van der Waals surface area contributed by atoms with E-state index in [0.29, 0.717) is 19.4 Å². The fraction of sp³-hybridized carbons (Fsp3) is 0.378. The molecule has 0 aliphatic carbocycles. The van der Waals surface area contributed by atoms with Gasteiger partial charge in [0.25, 0.3) is 0 Å². The van der Waals surface area contributed by atoms with E-state index in [4.69, 9.17) is 14.2 Å². The molecular formula is C37H45N5O7S. The second kappa shape index (κ2) is 20.0. The Morgan fingerprint density at radius 1 is 0.780 bits per heavy atom. The smallest absolute Gasteiger partial charge is 0.408 e. The first-order chi connectivity index (χ1) is 24.2. The summed E-state index contributed by atoms with van der Waals surface area (Å²) in [5, 5.41) is 21.0. The summed E-state index contributed by atoms with van der Waals surface area (Å²) in [6, 6.07) is 20.4. The van der Waals surface area contributed by atoms with Gasteiger partial charge >= 0.3 is 12.2 Å². The lowest BCUT2D eigenvalue weighted by Crippen LogP contribution is -2.56. The Morgan fingerprint density at radius 2 is 1.42 bits per heavy atom. The van der Waals surface area contributed by atoms with Gasteiger partial charge in [0.05, 0.1) is 23.6 Å². The second-order valence-electron chi connectivity index (χ2n) is 12.2. The normalized spacial score (nSPS) is 13.5. The number of nitrogens with one attached hydrogen (secondary N) is 3.